The van der Waals surface area contributed by atoms with E-state index >= 15 is 4.79 Å². The molecule has 0 unspecified atom stereocenters. The molecule has 24 N–H and O–H groups in total. The van der Waals surface area contributed by atoms with Gasteiger partial charge in [0.1, 0.15) is 60.4 Å². The molecule has 3 heterocycles. The monoisotopic (exact) mass is 1650 g/mol. The van der Waals surface area contributed by atoms with Crippen LogP contribution in [0.1, 0.15) is 120 Å². The fraction of sp³-hybridized carbons (Fsp3) is 0.487. The number of hydrogen-bond donors (Lipinski definition) is 19. The van der Waals surface area contributed by atoms with Crippen LogP contribution in [-0.2, 0) is 68.7 Å². The number of aliphatic hydroxyl groups excluding tert-OH is 2. The number of benzene rings is 3. The first kappa shape index (κ1) is 94.5. The van der Waals surface area contributed by atoms with E-state index < -0.39 is 169 Å². The van der Waals surface area contributed by atoms with Gasteiger partial charge in [-0.05, 0) is 164 Å². The average molecular weight is 1650 g/mol. The second-order valence-electron chi connectivity index (χ2n) is 28.2. The van der Waals surface area contributed by atoms with Gasteiger partial charge >= 0.3 is 12.0 Å². The van der Waals surface area contributed by atoms with E-state index in [9.17, 15) is 72.5 Å². The smallest absolute Gasteiger partial charge is 0.345 e. The first-order valence-electron chi connectivity index (χ1n) is 38.7. The zero-order chi connectivity index (χ0) is 85.8. The number of ether oxygens (including phenoxy) is 1. The molecule has 0 spiro atoms. The van der Waals surface area contributed by atoms with Crippen molar-refractivity contribution in [2.45, 2.75) is 181 Å². The summed E-state index contributed by atoms with van der Waals surface area (Å²) in [6.45, 7) is 4.97. The molecule has 117 heavy (non-hydrogen) atoms. The third kappa shape index (κ3) is 29.7. The molecule has 2 aromatic heterocycles. The summed E-state index contributed by atoms with van der Waals surface area (Å²) in [6.07, 6.45) is -0.626. The maximum Gasteiger partial charge on any atom is 0.345 e. The molecule has 0 bridgehead atoms. The van der Waals surface area contributed by atoms with Gasteiger partial charge in [-0.15, -0.1) is 0 Å². The van der Waals surface area contributed by atoms with E-state index in [1.807, 2.05) is 6.07 Å². The van der Waals surface area contributed by atoms with E-state index in [0.717, 1.165) is 11.6 Å². The lowest BCUT2D eigenvalue weighted by Gasteiger charge is -2.29. The van der Waals surface area contributed by atoms with Gasteiger partial charge < -0.3 is 112 Å². The Morgan fingerprint density at radius 2 is 1.22 bits per heavy atom. The number of nitrogens with two attached hydrogens (primary N) is 5. The minimum Gasteiger partial charge on any atom is -0.466 e. The number of nitrogens with zero attached hydrogens (tertiary/aromatic N) is 4. The first-order chi connectivity index (χ1) is 55.9. The van der Waals surface area contributed by atoms with E-state index in [1.165, 1.54) is 37.6 Å². The van der Waals surface area contributed by atoms with Crippen molar-refractivity contribution in [2.75, 3.05) is 66.0 Å². The van der Waals surface area contributed by atoms with E-state index in [1.54, 1.807) is 117 Å². The summed E-state index contributed by atoms with van der Waals surface area (Å²) < 4.78 is 6.36. The standard InChI is InChI=1S/C78H111N21O17S/c1-44(2)41-60-74(111)90-55(25-32-80)68(105)89-58(28-35-83)73(110)95-65(45(3)100)76(113)86-37-29-59(71(108)88-56(26-33-81)70(107)94-61(75(112)93-60)42-48-15-8-7-9-16-48)91-69(106)57(27-34-82)92-77(114)66(46(4)101)96-72(109)54(24-31-79)87-64(103)30-39-98(38-14-40-116-47(5)102)78(115)99-62-43-50(117-63-19-11-10-18-52(63)67(104)84-6)21-22-51(62)53(97-99)23-20-49-17-12-13-36-85-49/h7-13,15-23,36,43-46,54-61,65-66,100-101H,14,24-35,37-42,79-83H2,1-6H3,(H,84,104)(H,86,113)(H,87,103)(H,88,108)(H,89,105)(H,90,111)(H,91,106)(H,92,114)(H,93,112)(H,94,107)(H,95,110)(H,96,109)/b23-20+/t45-,46-,54+,55+,56+,57+,58+,59+,60+,61-,65+,66+/m1/s1. The molecular weight excluding hydrogens is 1540 g/mol. The highest BCUT2D eigenvalue weighted by molar-refractivity contribution is 7.99. The third-order valence-corrected chi connectivity index (χ3v) is 19.6. The second-order valence-corrected chi connectivity index (χ2v) is 29.4. The molecule has 5 aromatic rings. The van der Waals surface area contributed by atoms with E-state index in [4.69, 9.17) is 38.5 Å². The molecule has 1 aliphatic heterocycles. The molecule has 1 saturated heterocycles. The Hall–Kier alpha value is -11.3. The maximum absolute atomic E-state index is 15.0. The third-order valence-electron chi connectivity index (χ3n) is 18.5. The zero-order valence-corrected chi connectivity index (χ0v) is 67.3. The van der Waals surface area contributed by atoms with E-state index in [-0.39, 0.29) is 116 Å². The molecule has 3 aromatic carbocycles. The maximum atomic E-state index is 15.0. The molecule has 0 aliphatic carbocycles. The summed E-state index contributed by atoms with van der Waals surface area (Å²) in [7, 11) is 1.52. The summed E-state index contributed by atoms with van der Waals surface area (Å²) >= 11 is 1.27. The molecule has 1 aliphatic rings. The Balaban J connectivity index is 1.26. The number of rotatable bonds is 35. The number of carbonyl (C=O) groups excluding carboxylic acids is 14. The lowest BCUT2D eigenvalue weighted by Crippen LogP contribution is -2.62. The number of pyridine rings is 1. The number of aliphatic hydroxyl groups is 2. The largest absolute Gasteiger partial charge is 0.466 e. The molecular formula is C78H111N21O17S. The first-order valence-corrected chi connectivity index (χ1v) is 39.5. The lowest BCUT2D eigenvalue weighted by atomic mass is 10.00. The van der Waals surface area contributed by atoms with Crippen LogP contribution in [0.3, 0.4) is 0 Å². The van der Waals surface area contributed by atoms with Gasteiger partial charge in [0.15, 0.2) is 0 Å². The van der Waals surface area contributed by atoms with Gasteiger partial charge in [0, 0.05) is 67.8 Å². The summed E-state index contributed by atoms with van der Waals surface area (Å²) in [5.74, 6) is -11.9. The quantitative estimate of drug-likeness (QED) is 0.0141. The lowest BCUT2D eigenvalue weighted by molar-refractivity contribution is -0.141. The van der Waals surface area contributed by atoms with Crippen molar-refractivity contribution in [2.24, 2.45) is 34.6 Å². The molecule has 6 rings (SSSR count). The Morgan fingerprint density at radius 1 is 0.641 bits per heavy atom. The fourth-order valence-corrected chi connectivity index (χ4v) is 13.4. The molecule has 0 radical (unpaired) electrons. The number of nitrogens with one attached hydrogen (secondary N) is 12. The van der Waals surface area contributed by atoms with Crippen LogP contribution in [-0.4, -0.2) is 251 Å². The van der Waals surface area contributed by atoms with Crippen molar-refractivity contribution in [3.05, 3.63) is 120 Å². The van der Waals surface area contributed by atoms with Gasteiger partial charge in [0.25, 0.3) is 5.91 Å². The Bertz CT molecular complexity index is 4250. The minimum atomic E-state index is -1.88. The molecule has 636 valence electrons. The van der Waals surface area contributed by atoms with Crippen LogP contribution in [0.2, 0.25) is 0 Å². The van der Waals surface area contributed by atoms with Crippen molar-refractivity contribution in [3.8, 4) is 0 Å². The highest BCUT2D eigenvalue weighted by Gasteiger charge is 2.38. The molecule has 38 nitrogen and oxygen atoms in total. The second kappa shape index (κ2) is 48.3. The summed E-state index contributed by atoms with van der Waals surface area (Å²) in [6, 6.07) is 9.58. The van der Waals surface area contributed by atoms with Gasteiger partial charge in [0.05, 0.1) is 41.3 Å². The zero-order valence-electron chi connectivity index (χ0n) is 66.4. The van der Waals surface area contributed by atoms with Crippen LogP contribution in [0, 0.1) is 5.92 Å². The number of aromatic nitrogens is 3. The predicted molar refractivity (Wildman–Crippen MR) is 433 cm³/mol. The summed E-state index contributed by atoms with van der Waals surface area (Å²) in [4.78, 5) is 205. The average Bonchev–Trinajstić information content (AvgIpc) is 1.63. The highest BCUT2D eigenvalue weighted by Crippen LogP contribution is 2.34. The normalized spacial score (nSPS) is 19.5. The number of esters is 1. The van der Waals surface area contributed by atoms with E-state index in [0.29, 0.717) is 43.2 Å². The number of amides is 13. The van der Waals surface area contributed by atoms with Crippen LogP contribution < -0.4 is 92.5 Å². The Labute approximate surface area is 681 Å². The summed E-state index contributed by atoms with van der Waals surface area (Å²) in [5.41, 5.74) is 32.1. The fourth-order valence-electron chi connectivity index (χ4n) is 12.4. The van der Waals surface area contributed by atoms with Crippen LogP contribution in [0.4, 0.5) is 4.79 Å². The van der Waals surface area contributed by atoms with Crippen molar-refractivity contribution in [1.82, 2.24) is 83.5 Å². The van der Waals surface area contributed by atoms with E-state index in [2.05, 4.69) is 68.8 Å². The number of fused-ring (bicyclic) bond motifs is 1. The van der Waals surface area contributed by atoms with Gasteiger partial charge in [-0.25, -0.2) is 4.79 Å². The van der Waals surface area contributed by atoms with Crippen LogP contribution in [0.5, 0.6) is 0 Å². The molecule has 39 heteroatoms. The highest BCUT2D eigenvalue weighted by atomic mass is 32.2. The van der Waals surface area contributed by atoms with Crippen molar-refractivity contribution in [1.29, 1.82) is 0 Å². The van der Waals surface area contributed by atoms with Crippen molar-refractivity contribution in [3.63, 3.8) is 0 Å². The van der Waals surface area contributed by atoms with Crippen molar-refractivity contribution >= 4 is 118 Å². The molecule has 12 atom stereocenters. The molecule has 13 amide bonds. The van der Waals surface area contributed by atoms with Gasteiger partial charge in [0.2, 0.25) is 65.0 Å². The number of carbonyl (C=O) groups is 14. The summed E-state index contributed by atoms with van der Waals surface area (Å²) in [5, 5.41) is 58.0. The molecule has 0 saturated carbocycles. The van der Waals surface area contributed by atoms with Crippen LogP contribution in [0.15, 0.2) is 107 Å². The topological polar surface area (TPSA) is 597 Å². The SMILES string of the molecule is CNC(=O)c1ccccc1Sc1ccc2c(/C=C/c3ccccn3)nn(C(=O)N(CCCOC(C)=O)CCC(=O)N[C@@H](CCN)C(=O)N[C@H](C(=O)N[C@@H](CCN)C(=O)N[C@H]3CCNC(=O)[C@H]([C@@H](C)O)NC(=O)[C@H](CCN)NC(=O)[C@H](CCN)NC(=O)[C@H](CC(C)C)NC(=O)[C@@H](Cc4ccccc4)NC(=O)[C@H](CCN)NC3=O)[C@@H](C)O)c2c1. The van der Waals surface area contributed by atoms with Gasteiger partial charge in [-0.3, -0.25) is 67.3 Å². The molecule has 1 fully saturated rings. The van der Waals surface area contributed by atoms with Gasteiger partial charge in [-0.1, -0.05) is 74.1 Å². The van der Waals surface area contributed by atoms with Crippen LogP contribution in [0.25, 0.3) is 23.1 Å². The predicted octanol–water partition coefficient (Wildman–Crippen LogP) is -3.11. The van der Waals surface area contributed by atoms with Crippen LogP contribution >= 0.6 is 11.8 Å². The number of hydrogen-bond acceptors (Lipinski definition) is 25. The Kier molecular flexibility index (Phi) is 39.0. The Morgan fingerprint density at radius 3 is 1.81 bits per heavy atom. The van der Waals surface area contributed by atoms with Gasteiger partial charge in [-0.2, -0.15) is 9.78 Å². The van der Waals surface area contributed by atoms with Crippen molar-refractivity contribution < 1.29 is 82.1 Å². The minimum absolute atomic E-state index is 0.0112.